The van der Waals surface area contributed by atoms with Crippen molar-refractivity contribution in [2.45, 2.75) is 39.3 Å². The molecular weight excluding hydrogens is 319 g/mol. The minimum atomic E-state index is -0.989. The van der Waals surface area contributed by atoms with Crippen molar-refractivity contribution in [3.8, 4) is 5.75 Å². The number of urea groups is 1. The first kappa shape index (κ1) is 19.4. The van der Waals surface area contributed by atoms with Crippen LogP contribution in [0.5, 0.6) is 5.75 Å². The Morgan fingerprint density at radius 2 is 1.79 bits per heavy atom. The van der Waals surface area contributed by atoms with Gasteiger partial charge in [0.15, 0.2) is 12.7 Å². The highest BCUT2D eigenvalue weighted by atomic mass is 19.1. The molecule has 1 aromatic carbocycles. The van der Waals surface area contributed by atoms with E-state index in [2.05, 4.69) is 5.32 Å². The molecule has 1 aromatic rings. The Morgan fingerprint density at radius 1 is 1.17 bits per heavy atom. The molecule has 0 saturated heterocycles. The average Bonchev–Trinajstić information content (AvgIpc) is 2.54. The van der Waals surface area contributed by atoms with Crippen LogP contribution in [0, 0.1) is 5.82 Å². The quantitative estimate of drug-likeness (QED) is 0.738. The normalized spacial score (nSPS) is 12.7. The Kier molecular flexibility index (Phi) is 7.67. The van der Waals surface area contributed by atoms with Crippen LogP contribution in [0.3, 0.4) is 0 Å². The highest BCUT2D eigenvalue weighted by molar-refractivity contribution is 5.95. The van der Waals surface area contributed by atoms with Crippen LogP contribution in [0.1, 0.15) is 27.2 Å². The molecule has 0 aromatic heterocycles. The maximum atomic E-state index is 12.8. The number of esters is 1. The number of hydrogen-bond donors (Lipinski definition) is 2. The fraction of sp³-hybridized carbons (Fsp3) is 0.438. The van der Waals surface area contributed by atoms with Gasteiger partial charge in [0.1, 0.15) is 11.6 Å². The summed E-state index contributed by atoms with van der Waals surface area (Å²) in [4.78, 5) is 34.7. The van der Waals surface area contributed by atoms with E-state index in [4.69, 9.17) is 9.47 Å². The Hall–Kier alpha value is -2.64. The molecule has 3 amide bonds. The van der Waals surface area contributed by atoms with Crippen molar-refractivity contribution < 1.29 is 28.2 Å². The van der Waals surface area contributed by atoms with Crippen LogP contribution in [0.2, 0.25) is 0 Å². The highest BCUT2D eigenvalue weighted by Crippen LogP contribution is 2.13. The summed E-state index contributed by atoms with van der Waals surface area (Å²) in [5, 5.41) is 4.59. The van der Waals surface area contributed by atoms with E-state index < -0.39 is 36.4 Å². The predicted molar refractivity (Wildman–Crippen MR) is 83.9 cm³/mol. The van der Waals surface area contributed by atoms with Crippen molar-refractivity contribution in [2.24, 2.45) is 0 Å². The summed E-state index contributed by atoms with van der Waals surface area (Å²) in [7, 11) is 0. The van der Waals surface area contributed by atoms with Crippen LogP contribution in [0.25, 0.3) is 0 Å². The van der Waals surface area contributed by atoms with Gasteiger partial charge in [-0.2, -0.15) is 0 Å². The third-order valence-electron chi connectivity index (χ3n) is 3.05. The Balaban J connectivity index is 2.35. The van der Waals surface area contributed by atoms with Crippen LogP contribution < -0.4 is 15.4 Å². The topological polar surface area (TPSA) is 93.7 Å². The van der Waals surface area contributed by atoms with E-state index in [-0.39, 0.29) is 6.04 Å². The summed E-state index contributed by atoms with van der Waals surface area (Å²) < 4.78 is 22.8. The van der Waals surface area contributed by atoms with Crippen molar-refractivity contribution >= 4 is 17.9 Å². The van der Waals surface area contributed by atoms with Gasteiger partial charge in [0.2, 0.25) is 0 Å². The first-order valence-corrected chi connectivity index (χ1v) is 7.51. The molecule has 0 fully saturated rings. The van der Waals surface area contributed by atoms with Gasteiger partial charge in [-0.15, -0.1) is 0 Å². The number of hydrogen-bond acceptors (Lipinski definition) is 5. The van der Waals surface area contributed by atoms with E-state index in [9.17, 15) is 18.8 Å². The van der Waals surface area contributed by atoms with E-state index in [0.717, 1.165) is 6.42 Å². The number of halogens is 1. The lowest BCUT2D eigenvalue weighted by molar-refractivity contribution is -0.154. The van der Waals surface area contributed by atoms with Crippen molar-refractivity contribution in [1.82, 2.24) is 10.6 Å². The fourth-order valence-electron chi connectivity index (χ4n) is 1.54. The summed E-state index contributed by atoms with van der Waals surface area (Å²) in [5.74, 6) is -1.67. The van der Waals surface area contributed by atoms with Crippen LogP contribution >= 0.6 is 0 Å². The van der Waals surface area contributed by atoms with Gasteiger partial charge in [0.25, 0.3) is 5.91 Å². The van der Waals surface area contributed by atoms with Crippen molar-refractivity contribution in [1.29, 1.82) is 0 Å². The van der Waals surface area contributed by atoms with Gasteiger partial charge >= 0.3 is 12.0 Å². The number of imide groups is 1. The van der Waals surface area contributed by atoms with E-state index in [1.807, 2.05) is 12.2 Å². The van der Waals surface area contributed by atoms with E-state index >= 15 is 0 Å². The number of amides is 3. The Labute approximate surface area is 139 Å². The average molecular weight is 340 g/mol. The molecule has 0 radical (unpaired) electrons. The lowest BCUT2D eigenvalue weighted by Crippen LogP contribution is -2.45. The molecule has 0 heterocycles. The van der Waals surface area contributed by atoms with Crippen molar-refractivity contribution in [2.75, 3.05) is 6.61 Å². The minimum absolute atomic E-state index is 0.0792. The summed E-state index contributed by atoms with van der Waals surface area (Å²) in [6, 6.07) is 4.38. The molecule has 2 atom stereocenters. The zero-order chi connectivity index (χ0) is 18.1. The second-order valence-electron chi connectivity index (χ2n) is 5.15. The molecule has 8 heteroatoms. The maximum Gasteiger partial charge on any atom is 0.347 e. The fourth-order valence-corrected chi connectivity index (χ4v) is 1.54. The molecule has 0 aliphatic rings. The zero-order valence-electron chi connectivity index (χ0n) is 13.8. The van der Waals surface area contributed by atoms with Gasteiger partial charge in [-0.05, 0) is 44.5 Å². The first-order chi connectivity index (χ1) is 11.3. The monoisotopic (exact) mass is 340 g/mol. The third-order valence-corrected chi connectivity index (χ3v) is 3.05. The van der Waals surface area contributed by atoms with E-state index in [0.29, 0.717) is 5.75 Å². The molecule has 7 nitrogen and oxygen atoms in total. The zero-order valence-corrected chi connectivity index (χ0v) is 13.8. The number of rotatable bonds is 7. The first-order valence-electron chi connectivity index (χ1n) is 7.51. The van der Waals surface area contributed by atoms with Gasteiger partial charge in [0.05, 0.1) is 0 Å². The molecule has 0 aliphatic heterocycles. The molecule has 0 saturated carbocycles. The van der Waals surface area contributed by atoms with Crippen LogP contribution in [0.4, 0.5) is 9.18 Å². The number of ether oxygens (including phenoxy) is 2. The SMILES string of the molecule is CC[C@H](C)NC(=O)NC(=O)COC(=O)[C@@H](C)Oc1ccc(F)cc1. The van der Waals surface area contributed by atoms with Gasteiger partial charge in [-0.25, -0.2) is 14.0 Å². The van der Waals surface area contributed by atoms with Crippen LogP contribution in [-0.2, 0) is 14.3 Å². The molecule has 0 bridgehead atoms. The number of carbonyl (C=O) groups excluding carboxylic acids is 3. The molecule has 132 valence electrons. The molecule has 0 unspecified atom stereocenters. The van der Waals surface area contributed by atoms with Crippen molar-refractivity contribution in [3.63, 3.8) is 0 Å². The Morgan fingerprint density at radius 3 is 2.38 bits per heavy atom. The van der Waals surface area contributed by atoms with Gasteiger partial charge in [-0.1, -0.05) is 6.92 Å². The lowest BCUT2D eigenvalue weighted by atomic mass is 10.3. The molecule has 1 rings (SSSR count). The smallest absolute Gasteiger partial charge is 0.347 e. The second kappa shape index (κ2) is 9.49. The maximum absolute atomic E-state index is 12.8. The summed E-state index contributed by atoms with van der Waals surface area (Å²) in [5.41, 5.74) is 0. The molecule has 0 aliphatic carbocycles. The predicted octanol–water partition coefficient (Wildman–Crippen LogP) is 1.76. The number of nitrogens with one attached hydrogen (secondary N) is 2. The molecule has 24 heavy (non-hydrogen) atoms. The van der Waals surface area contributed by atoms with Gasteiger partial charge < -0.3 is 14.8 Å². The third kappa shape index (κ3) is 7.08. The summed E-state index contributed by atoms with van der Waals surface area (Å²) in [6.45, 7) is 4.50. The Bertz CT molecular complexity index is 576. The van der Waals surface area contributed by atoms with E-state index in [1.54, 1.807) is 6.92 Å². The minimum Gasteiger partial charge on any atom is -0.479 e. The second-order valence-corrected chi connectivity index (χ2v) is 5.15. The summed E-state index contributed by atoms with van der Waals surface area (Å²) in [6.07, 6.45) is -0.272. The molecular formula is C16H21FN2O5. The van der Waals surface area contributed by atoms with Crippen molar-refractivity contribution in [3.05, 3.63) is 30.1 Å². The number of benzene rings is 1. The number of carbonyl (C=O) groups is 3. The van der Waals surface area contributed by atoms with Crippen LogP contribution in [-0.4, -0.2) is 36.7 Å². The highest BCUT2D eigenvalue weighted by Gasteiger charge is 2.18. The van der Waals surface area contributed by atoms with Crippen LogP contribution in [0.15, 0.2) is 24.3 Å². The largest absolute Gasteiger partial charge is 0.479 e. The van der Waals surface area contributed by atoms with E-state index in [1.165, 1.54) is 31.2 Å². The lowest BCUT2D eigenvalue weighted by Gasteiger charge is -2.14. The standard InChI is InChI=1S/C16H21FN2O5/c1-4-10(2)18-16(22)19-14(20)9-23-15(21)11(3)24-13-7-5-12(17)6-8-13/h5-8,10-11H,4,9H2,1-3H3,(H2,18,19,20,22)/t10-,11+/m0/s1. The molecule has 2 N–H and O–H groups in total. The summed E-state index contributed by atoms with van der Waals surface area (Å²) >= 11 is 0. The van der Waals surface area contributed by atoms with Gasteiger partial charge in [0, 0.05) is 6.04 Å². The van der Waals surface area contributed by atoms with Gasteiger partial charge in [-0.3, -0.25) is 10.1 Å². The molecule has 0 spiro atoms.